The van der Waals surface area contributed by atoms with E-state index >= 15 is 0 Å². The first kappa shape index (κ1) is 15.6. The zero-order valence-corrected chi connectivity index (χ0v) is 12.2. The van der Waals surface area contributed by atoms with Gasteiger partial charge in [0, 0.05) is 4.47 Å². The Morgan fingerprint density at radius 3 is 2.32 bits per heavy atom. The van der Waals surface area contributed by atoms with Gasteiger partial charge in [-0.15, -0.1) is 0 Å². The molecule has 2 N–H and O–H groups in total. The zero-order valence-electron chi connectivity index (χ0n) is 9.80. The van der Waals surface area contributed by atoms with E-state index in [1.54, 1.807) is 24.3 Å². The van der Waals surface area contributed by atoms with Crippen LogP contribution in [0.1, 0.15) is 5.56 Å². The quantitative estimate of drug-likeness (QED) is 0.781. The third-order valence-corrected chi connectivity index (χ3v) is 4.09. The highest BCUT2D eigenvalue weighted by Crippen LogP contribution is 2.13. The number of aliphatic carboxylic acids is 1. The molecule has 0 aliphatic carbocycles. The number of carboxylic acids is 1. The van der Waals surface area contributed by atoms with Gasteiger partial charge in [0.1, 0.15) is 12.3 Å². The standard InChI is InChI=1S/C11H12BrNO5S/c12-9-3-1-8(2-4-9)6-19(17,18)7-10(14)13-5-11(15)16/h1-4H,5-7H2,(H,13,14)(H,15,16). The molecule has 0 saturated heterocycles. The second-order valence-electron chi connectivity index (χ2n) is 3.83. The van der Waals surface area contributed by atoms with Crippen molar-refractivity contribution in [3.8, 4) is 0 Å². The number of nitrogens with one attached hydrogen (secondary N) is 1. The van der Waals surface area contributed by atoms with E-state index in [1.807, 2.05) is 5.32 Å². The van der Waals surface area contributed by atoms with Crippen LogP contribution < -0.4 is 5.32 Å². The van der Waals surface area contributed by atoms with Gasteiger partial charge in [-0.1, -0.05) is 28.1 Å². The molecule has 1 aromatic rings. The second-order valence-corrected chi connectivity index (χ2v) is 6.81. The van der Waals surface area contributed by atoms with Crippen molar-refractivity contribution in [3.05, 3.63) is 34.3 Å². The minimum Gasteiger partial charge on any atom is -0.480 e. The summed E-state index contributed by atoms with van der Waals surface area (Å²) in [7, 11) is -3.61. The third-order valence-electron chi connectivity index (χ3n) is 2.09. The molecule has 1 amide bonds. The van der Waals surface area contributed by atoms with Gasteiger partial charge in [0.05, 0.1) is 5.75 Å². The summed E-state index contributed by atoms with van der Waals surface area (Å²) >= 11 is 3.23. The third kappa shape index (κ3) is 6.35. The van der Waals surface area contributed by atoms with Crippen molar-refractivity contribution in [2.24, 2.45) is 0 Å². The molecular formula is C11H12BrNO5S. The lowest BCUT2D eigenvalue weighted by molar-refractivity contribution is -0.137. The number of sulfone groups is 1. The van der Waals surface area contributed by atoms with Gasteiger partial charge in [-0.3, -0.25) is 9.59 Å². The maximum atomic E-state index is 11.7. The summed E-state index contributed by atoms with van der Waals surface area (Å²) in [4.78, 5) is 21.5. The van der Waals surface area contributed by atoms with Crippen LogP contribution in [0.2, 0.25) is 0 Å². The molecule has 8 heteroatoms. The van der Waals surface area contributed by atoms with E-state index in [4.69, 9.17) is 5.11 Å². The zero-order chi connectivity index (χ0) is 14.5. The summed E-state index contributed by atoms with van der Waals surface area (Å²) in [5.41, 5.74) is 0.564. The van der Waals surface area contributed by atoms with Gasteiger partial charge >= 0.3 is 5.97 Å². The van der Waals surface area contributed by atoms with Crippen molar-refractivity contribution in [3.63, 3.8) is 0 Å². The maximum absolute atomic E-state index is 11.7. The fourth-order valence-electron chi connectivity index (χ4n) is 1.31. The van der Waals surface area contributed by atoms with E-state index in [-0.39, 0.29) is 5.75 Å². The summed E-state index contributed by atoms with van der Waals surface area (Å²) in [6, 6.07) is 6.68. The Balaban J connectivity index is 2.59. The number of carbonyl (C=O) groups is 2. The molecule has 0 saturated carbocycles. The molecule has 0 aliphatic heterocycles. The van der Waals surface area contributed by atoms with Crippen molar-refractivity contribution in [1.29, 1.82) is 0 Å². The Morgan fingerprint density at radius 2 is 1.79 bits per heavy atom. The van der Waals surface area contributed by atoms with Crippen LogP contribution in [0.3, 0.4) is 0 Å². The molecule has 0 aromatic heterocycles. The molecule has 0 heterocycles. The number of hydrogen-bond donors (Lipinski definition) is 2. The molecule has 0 fully saturated rings. The minimum absolute atomic E-state index is 0.263. The smallest absolute Gasteiger partial charge is 0.322 e. The Labute approximate surface area is 118 Å². The van der Waals surface area contributed by atoms with Crippen LogP contribution in [0.15, 0.2) is 28.7 Å². The highest BCUT2D eigenvalue weighted by atomic mass is 79.9. The Kier molecular flexibility index (Phi) is 5.49. The first-order valence-electron chi connectivity index (χ1n) is 5.22. The van der Waals surface area contributed by atoms with Crippen molar-refractivity contribution in [2.45, 2.75) is 5.75 Å². The maximum Gasteiger partial charge on any atom is 0.322 e. The molecule has 6 nitrogen and oxygen atoms in total. The highest BCUT2D eigenvalue weighted by Gasteiger charge is 2.17. The normalized spacial score (nSPS) is 11.0. The molecule has 1 aromatic carbocycles. The van der Waals surface area contributed by atoms with Gasteiger partial charge in [-0.2, -0.15) is 0 Å². The van der Waals surface area contributed by atoms with Gasteiger partial charge in [-0.25, -0.2) is 8.42 Å². The van der Waals surface area contributed by atoms with Crippen molar-refractivity contribution < 1.29 is 23.1 Å². The Morgan fingerprint density at radius 1 is 1.21 bits per heavy atom. The van der Waals surface area contributed by atoms with Crippen LogP contribution in [0.5, 0.6) is 0 Å². The molecular weight excluding hydrogens is 338 g/mol. The Bertz CT molecular complexity index is 567. The lowest BCUT2D eigenvalue weighted by Crippen LogP contribution is -2.34. The monoisotopic (exact) mass is 349 g/mol. The minimum atomic E-state index is -3.61. The van der Waals surface area contributed by atoms with E-state index in [1.165, 1.54) is 0 Å². The highest BCUT2D eigenvalue weighted by molar-refractivity contribution is 9.10. The first-order valence-corrected chi connectivity index (χ1v) is 7.83. The number of benzene rings is 1. The summed E-state index contributed by atoms with van der Waals surface area (Å²) in [6.07, 6.45) is 0. The predicted molar refractivity (Wildman–Crippen MR) is 72.3 cm³/mol. The first-order chi connectivity index (χ1) is 8.78. The lowest BCUT2D eigenvalue weighted by atomic mass is 10.2. The largest absolute Gasteiger partial charge is 0.480 e. The van der Waals surface area contributed by atoms with Crippen molar-refractivity contribution in [2.75, 3.05) is 12.3 Å². The van der Waals surface area contributed by atoms with Crippen LogP contribution in [0, 0.1) is 0 Å². The average molecular weight is 350 g/mol. The molecule has 0 bridgehead atoms. The molecule has 19 heavy (non-hydrogen) atoms. The van der Waals surface area contributed by atoms with E-state index in [0.717, 1.165) is 4.47 Å². The number of rotatable bonds is 6. The van der Waals surface area contributed by atoms with E-state index in [2.05, 4.69) is 15.9 Å². The van der Waals surface area contributed by atoms with Crippen LogP contribution >= 0.6 is 15.9 Å². The molecule has 0 spiro atoms. The van der Waals surface area contributed by atoms with Crippen LogP contribution in [-0.4, -0.2) is 37.7 Å². The SMILES string of the molecule is O=C(O)CNC(=O)CS(=O)(=O)Cc1ccc(Br)cc1. The summed E-state index contributed by atoms with van der Waals surface area (Å²) in [6.45, 7) is -0.591. The van der Waals surface area contributed by atoms with Gasteiger partial charge in [0.15, 0.2) is 9.84 Å². The van der Waals surface area contributed by atoms with Crippen molar-refractivity contribution >= 4 is 37.6 Å². The fraction of sp³-hybridized carbons (Fsp3) is 0.273. The van der Waals surface area contributed by atoms with E-state index in [9.17, 15) is 18.0 Å². The second kappa shape index (κ2) is 6.67. The molecule has 104 valence electrons. The lowest BCUT2D eigenvalue weighted by Gasteiger charge is -2.05. The van der Waals surface area contributed by atoms with Crippen LogP contribution in [0.25, 0.3) is 0 Å². The number of carbonyl (C=O) groups excluding carboxylic acids is 1. The topological polar surface area (TPSA) is 101 Å². The molecule has 0 atom stereocenters. The fourth-order valence-corrected chi connectivity index (χ4v) is 2.88. The number of hydrogen-bond acceptors (Lipinski definition) is 4. The van der Waals surface area contributed by atoms with Crippen LogP contribution in [-0.2, 0) is 25.2 Å². The molecule has 0 aliphatic rings. The summed E-state index contributed by atoms with van der Waals surface area (Å²) in [5.74, 6) is -3.03. The van der Waals surface area contributed by atoms with E-state index in [0.29, 0.717) is 5.56 Å². The van der Waals surface area contributed by atoms with Crippen LogP contribution in [0.4, 0.5) is 0 Å². The predicted octanol–water partition coefficient (Wildman–Crippen LogP) is 0.565. The van der Waals surface area contributed by atoms with Gasteiger partial charge in [0.2, 0.25) is 5.91 Å². The van der Waals surface area contributed by atoms with Gasteiger partial charge < -0.3 is 10.4 Å². The number of carboxylic acid groups (broad SMARTS) is 1. The number of halogens is 1. The number of amides is 1. The molecule has 1 rings (SSSR count). The van der Waals surface area contributed by atoms with Gasteiger partial charge in [0.25, 0.3) is 0 Å². The van der Waals surface area contributed by atoms with Crippen molar-refractivity contribution in [1.82, 2.24) is 5.32 Å². The summed E-state index contributed by atoms with van der Waals surface area (Å²) in [5, 5.41) is 10.4. The molecule has 0 radical (unpaired) electrons. The molecule has 0 unspecified atom stereocenters. The van der Waals surface area contributed by atoms with Gasteiger partial charge in [-0.05, 0) is 17.7 Å². The average Bonchev–Trinajstić information content (AvgIpc) is 2.28. The summed E-state index contributed by atoms with van der Waals surface area (Å²) < 4.78 is 24.3. The Hall–Kier alpha value is -1.41. The van der Waals surface area contributed by atoms with E-state index < -0.39 is 34.0 Å².